The molecule has 9 nitrogen and oxygen atoms in total. The summed E-state index contributed by atoms with van der Waals surface area (Å²) >= 11 is 0. The molecule has 0 atom stereocenters. The van der Waals surface area contributed by atoms with Crippen molar-refractivity contribution in [1.29, 1.82) is 0 Å². The summed E-state index contributed by atoms with van der Waals surface area (Å²) in [5.41, 5.74) is 2.28. The van der Waals surface area contributed by atoms with Gasteiger partial charge in [0.15, 0.2) is 0 Å². The Hall–Kier alpha value is -2.82. The first-order valence-corrected chi connectivity index (χ1v) is 10.2. The Bertz CT molecular complexity index is 944. The highest BCUT2D eigenvalue weighted by molar-refractivity contribution is 7.85. The number of hydrogen-bond acceptors (Lipinski definition) is 6. The van der Waals surface area contributed by atoms with Crippen molar-refractivity contribution in [3.8, 4) is 0 Å². The molecule has 0 aliphatic heterocycles. The lowest BCUT2D eigenvalue weighted by atomic mass is 10.0. The van der Waals surface area contributed by atoms with Gasteiger partial charge in [0.25, 0.3) is 5.69 Å². The molecule has 0 bridgehead atoms. The monoisotopic (exact) mass is 423 g/mol. The number of non-ortho nitro benzene ring substituents is 1. The minimum absolute atomic E-state index is 0.0377. The van der Waals surface area contributed by atoms with Gasteiger partial charge in [-0.05, 0) is 18.1 Å². The van der Waals surface area contributed by atoms with Crippen LogP contribution in [0.1, 0.15) is 18.1 Å². The van der Waals surface area contributed by atoms with Crippen LogP contribution in [0.2, 0.25) is 0 Å². The molecule has 0 fully saturated rings. The molecule has 0 unspecified atom stereocenters. The molecule has 0 radical (unpaired) electrons. The molecule has 10 heteroatoms. The van der Waals surface area contributed by atoms with E-state index in [-0.39, 0.29) is 5.91 Å². The second-order valence-electron chi connectivity index (χ2n) is 6.59. The van der Waals surface area contributed by atoms with Crippen LogP contribution >= 0.6 is 0 Å². The van der Waals surface area contributed by atoms with Gasteiger partial charge in [0.1, 0.15) is 16.7 Å². The van der Waals surface area contributed by atoms with Crippen molar-refractivity contribution in [2.75, 3.05) is 20.6 Å². The lowest BCUT2D eigenvalue weighted by molar-refractivity contribution is -0.872. The summed E-state index contributed by atoms with van der Waals surface area (Å²) in [6, 6.07) is 12.4. The molecule has 0 saturated carbocycles. The van der Waals surface area contributed by atoms with Crippen LogP contribution in [0.25, 0.3) is 0 Å². The van der Waals surface area contributed by atoms with Crippen LogP contribution in [-0.2, 0) is 27.9 Å². The number of nitrogens with one attached hydrogen (secondary N) is 2. The molecule has 0 saturated heterocycles. The van der Waals surface area contributed by atoms with Crippen LogP contribution in [0.5, 0.6) is 0 Å². The van der Waals surface area contributed by atoms with Crippen LogP contribution in [0.3, 0.4) is 0 Å². The van der Waals surface area contributed by atoms with E-state index in [2.05, 4.69) is 43.7 Å². The summed E-state index contributed by atoms with van der Waals surface area (Å²) in [6.45, 7) is 3.29. The minimum atomic E-state index is -4.61. The van der Waals surface area contributed by atoms with E-state index in [1.54, 1.807) is 6.92 Å². The third kappa shape index (κ3) is 9.28. The molecule has 2 rings (SSSR count). The molecule has 0 aromatic heterocycles. The summed E-state index contributed by atoms with van der Waals surface area (Å²) in [6.07, 6.45) is 0.906. The summed E-state index contributed by atoms with van der Waals surface area (Å²) in [5, 5.41) is 13.0. The van der Waals surface area contributed by atoms with Crippen molar-refractivity contribution < 1.29 is 27.6 Å². The Morgan fingerprint density at radius 2 is 1.72 bits per heavy atom. The van der Waals surface area contributed by atoms with Gasteiger partial charge < -0.3 is 14.8 Å². The van der Waals surface area contributed by atoms with Crippen molar-refractivity contribution in [1.82, 2.24) is 5.32 Å². The second-order valence-corrected chi connectivity index (χ2v) is 7.97. The van der Waals surface area contributed by atoms with Gasteiger partial charge in [-0.1, -0.05) is 30.3 Å². The first-order valence-electron chi connectivity index (χ1n) is 8.81. The molecule has 2 N–H and O–H groups in total. The number of carbonyl (C=O) groups is 1. The highest BCUT2D eigenvalue weighted by atomic mass is 32.2. The Kier molecular flexibility index (Phi) is 9.39. The molecule has 0 heterocycles. The number of carbonyl (C=O) groups excluding carboxylic acids is 1. The molecule has 0 spiro atoms. The Labute approximate surface area is 170 Å². The lowest BCUT2D eigenvalue weighted by Gasteiger charge is -2.12. The third-order valence-corrected chi connectivity index (χ3v) is 4.58. The van der Waals surface area contributed by atoms with Crippen molar-refractivity contribution in [3.63, 3.8) is 0 Å². The zero-order valence-corrected chi connectivity index (χ0v) is 17.4. The smallest absolute Gasteiger partial charge is 0.270 e. The zero-order valence-electron chi connectivity index (χ0n) is 16.5. The molecule has 29 heavy (non-hydrogen) atoms. The Balaban J connectivity index is 0.000000296. The van der Waals surface area contributed by atoms with E-state index in [4.69, 9.17) is 0 Å². The zero-order chi connectivity index (χ0) is 22.0. The number of amides is 1. The van der Waals surface area contributed by atoms with Crippen LogP contribution < -0.4 is 10.2 Å². The SMILES string of the molecule is CC(=O)NCCc1ccccc1C[NH+](C)C.O=[N+]([O-])c1cccc(S(=O)(=O)[O-])c1. The van der Waals surface area contributed by atoms with Crippen molar-refractivity contribution >= 4 is 21.7 Å². The molecule has 158 valence electrons. The number of nitrogens with zero attached hydrogens (tertiary/aromatic N) is 1. The topological polar surface area (TPSA) is 134 Å². The Morgan fingerprint density at radius 3 is 2.24 bits per heavy atom. The largest absolute Gasteiger partial charge is 0.744 e. The van der Waals surface area contributed by atoms with Crippen molar-refractivity contribution in [3.05, 3.63) is 69.8 Å². The molecular formula is C19H25N3O6S. The van der Waals surface area contributed by atoms with Gasteiger partial charge in [0.05, 0.1) is 23.9 Å². The number of nitro benzene ring substituents is 1. The molecule has 1 amide bonds. The predicted molar refractivity (Wildman–Crippen MR) is 106 cm³/mol. The predicted octanol–water partition coefficient (Wildman–Crippen LogP) is 0.509. The molecule has 0 aliphatic carbocycles. The minimum Gasteiger partial charge on any atom is -0.744 e. The first-order chi connectivity index (χ1) is 13.5. The van der Waals surface area contributed by atoms with Crippen LogP contribution in [0, 0.1) is 10.1 Å². The quantitative estimate of drug-likeness (QED) is 0.379. The standard InChI is InChI=1S/C13H20N2O.C6H5NO5S/c1-11(16)14-9-8-12-6-4-5-7-13(12)10-15(2)3;8-7(9)5-2-1-3-6(4-5)13(10,11)12/h4-7H,8-10H2,1-3H3,(H,14,16);1-4H,(H,10,11,12). The highest BCUT2D eigenvalue weighted by Crippen LogP contribution is 2.16. The number of quaternary nitrogens is 1. The maximum Gasteiger partial charge on any atom is 0.270 e. The van der Waals surface area contributed by atoms with Crippen molar-refractivity contribution in [2.24, 2.45) is 0 Å². The second kappa shape index (κ2) is 11.2. The van der Waals surface area contributed by atoms with Crippen LogP contribution in [0.4, 0.5) is 5.69 Å². The average Bonchev–Trinajstić information content (AvgIpc) is 2.62. The number of nitro groups is 1. The third-order valence-electron chi connectivity index (χ3n) is 3.75. The van der Waals surface area contributed by atoms with Gasteiger partial charge in [-0.25, -0.2) is 8.42 Å². The summed E-state index contributed by atoms with van der Waals surface area (Å²) in [4.78, 5) is 21.0. The fourth-order valence-corrected chi connectivity index (χ4v) is 2.99. The summed E-state index contributed by atoms with van der Waals surface area (Å²) in [7, 11) is -0.326. The number of rotatable bonds is 7. The van der Waals surface area contributed by atoms with Gasteiger partial charge >= 0.3 is 0 Å². The maximum absolute atomic E-state index is 10.8. The summed E-state index contributed by atoms with van der Waals surface area (Å²) < 4.78 is 31.3. The van der Waals surface area contributed by atoms with Crippen LogP contribution in [-0.4, -0.2) is 44.4 Å². The lowest BCUT2D eigenvalue weighted by Crippen LogP contribution is -3.04. The van der Waals surface area contributed by atoms with E-state index in [1.807, 2.05) is 0 Å². The van der Waals surface area contributed by atoms with Crippen molar-refractivity contribution in [2.45, 2.75) is 24.8 Å². The van der Waals surface area contributed by atoms with Gasteiger partial charge in [-0.3, -0.25) is 14.9 Å². The van der Waals surface area contributed by atoms with E-state index in [0.29, 0.717) is 0 Å². The number of hydrogen-bond donors (Lipinski definition) is 2. The van der Waals surface area contributed by atoms with E-state index in [1.165, 1.54) is 16.0 Å². The van der Waals surface area contributed by atoms with E-state index >= 15 is 0 Å². The first kappa shape index (κ1) is 24.2. The number of benzene rings is 2. The molecular weight excluding hydrogens is 398 g/mol. The van der Waals surface area contributed by atoms with Gasteiger partial charge in [-0.2, -0.15) is 0 Å². The molecule has 0 aliphatic rings. The van der Waals surface area contributed by atoms with E-state index in [0.717, 1.165) is 43.8 Å². The molecule has 2 aromatic rings. The fraction of sp³-hybridized carbons (Fsp3) is 0.316. The summed E-state index contributed by atoms with van der Waals surface area (Å²) in [5.74, 6) is 0.0377. The fourth-order valence-electron chi connectivity index (χ4n) is 2.48. The van der Waals surface area contributed by atoms with Gasteiger partial charge in [-0.15, -0.1) is 0 Å². The maximum atomic E-state index is 10.8. The van der Waals surface area contributed by atoms with E-state index in [9.17, 15) is 27.9 Å². The van der Waals surface area contributed by atoms with E-state index < -0.39 is 25.6 Å². The average molecular weight is 423 g/mol. The normalized spacial score (nSPS) is 10.8. The van der Waals surface area contributed by atoms with Gasteiger partial charge in [0, 0.05) is 31.2 Å². The van der Waals surface area contributed by atoms with Gasteiger partial charge in [0.2, 0.25) is 5.91 Å². The highest BCUT2D eigenvalue weighted by Gasteiger charge is 2.08. The Morgan fingerprint density at radius 1 is 1.10 bits per heavy atom. The molecule has 2 aromatic carbocycles. The van der Waals surface area contributed by atoms with Crippen LogP contribution in [0.15, 0.2) is 53.4 Å².